The van der Waals surface area contributed by atoms with E-state index in [1.807, 2.05) is 13.8 Å². The summed E-state index contributed by atoms with van der Waals surface area (Å²) in [5.74, 6) is 0.375. The monoisotopic (exact) mass is 289 g/mol. The maximum atomic E-state index is 12.2. The molecule has 112 valence electrons. The van der Waals surface area contributed by atoms with E-state index >= 15 is 0 Å². The van der Waals surface area contributed by atoms with E-state index in [0.29, 0.717) is 29.3 Å². The van der Waals surface area contributed by atoms with Crippen LogP contribution in [0.2, 0.25) is 0 Å². The Balaban J connectivity index is 2.19. The Morgan fingerprint density at radius 3 is 2.76 bits per heavy atom. The largest absolute Gasteiger partial charge is 0.494 e. The number of hydrogen-bond donors (Lipinski definition) is 2. The number of carbonyl (C=O) groups excluding carboxylic acids is 1. The molecule has 1 amide bonds. The number of anilines is 1. The summed E-state index contributed by atoms with van der Waals surface area (Å²) in [7, 11) is 1.72. The topological polar surface area (TPSA) is 76.4 Å². The van der Waals surface area contributed by atoms with Gasteiger partial charge in [-0.1, -0.05) is 0 Å². The number of aliphatic hydroxyl groups is 1. The smallest absolute Gasteiger partial charge is 0.273 e. The maximum absolute atomic E-state index is 12.2. The first kappa shape index (κ1) is 15.1. The van der Waals surface area contributed by atoms with Crippen molar-refractivity contribution >= 4 is 11.6 Å². The number of amides is 1. The molecule has 0 aliphatic rings. The first-order valence-electron chi connectivity index (χ1n) is 6.73. The van der Waals surface area contributed by atoms with Gasteiger partial charge >= 0.3 is 0 Å². The highest BCUT2D eigenvalue weighted by molar-refractivity contribution is 6.03. The molecular formula is C15H19N3O3. The quantitative estimate of drug-likeness (QED) is 0.881. The van der Waals surface area contributed by atoms with Crippen molar-refractivity contribution in [2.24, 2.45) is 7.05 Å². The van der Waals surface area contributed by atoms with Crippen LogP contribution >= 0.6 is 0 Å². The summed E-state index contributed by atoms with van der Waals surface area (Å²) >= 11 is 0. The highest BCUT2D eigenvalue weighted by atomic mass is 16.5. The predicted molar refractivity (Wildman–Crippen MR) is 79.4 cm³/mol. The zero-order valence-electron chi connectivity index (χ0n) is 12.4. The van der Waals surface area contributed by atoms with Crippen molar-refractivity contribution in [3.05, 3.63) is 41.2 Å². The second-order valence-electron chi connectivity index (χ2n) is 4.66. The molecule has 6 heteroatoms. The zero-order chi connectivity index (χ0) is 15.4. The number of ether oxygens (including phenoxy) is 1. The molecule has 1 aromatic heterocycles. The van der Waals surface area contributed by atoms with Gasteiger partial charge in [0, 0.05) is 18.3 Å². The third-order valence-electron chi connectivity index (χ3n) is 3.02. The lowest BCUT2D eigenvalue weighted by molar-refractivity contribution is 0.101. The highest BCUT2D eigenvalue weighted by Crippen LogP contribution is 2.23. The number of nitrogens with one attached hydrogen (secondary N) is 1. The van der Waals surface area contributed by atoms with E-state index in [0.717, 1.165) is 5.69 Å². The fourth-order valence-electron chi connectivity index (χ4n) is 2.10. The lowest BCUT2D eigenvalue weighted by Gasteiger charge is -2.11. The standard InChI is InChI=1S/C15H19N3O3/c1-4-21-14-6-5-12(8-11(14)9-19)16-15(20)13-7-10(2)17-18(13)3/h5-8,19H,4,9H2,1-3H3,(H,16,20). The Morgan fingerprint density at radius 1 is 1.43 bits per heavy atom. The summed E-state index contributed by atoms with van der Waals surface area (Å²) in [4.78, 5) is 12.2. The number of rotatable bonds is 5. The fraction of sp³-hybridized carbons (Fsp3) is 0.333. The van der Waals surface area contributed by atoms with Crippen LogP contribution in [0.15, 0.2) is 24.3 Å². The van der Waals surface area contributed by atoms with Crippen molar-refractivity contribution in [3.8, 4) is 5.75 Å². The Morgan fingerprint density at radius 2 is 2.19 bits per heavy atom. The molecule has 21 heavy (non-hydrogen) atoms. The molecule has 0 aliphatic carbocycles. The minimum absolute atomic E-state index is 0.149. The average Bonchev–Trinajstić information content (AvgIpc) is 2.79. The van der Waals surface area contributed by atoms with E-state index in [1.165, 1.54) is 4.68 Å². The lowest BCUT2D eigenvalue weighted by Crippen LogP contribution is -2.16. The van der Waals surface area contributed by atoms with Crippen LogP contribution in [0.5, 0.6) is 5.75 Å². The Labute approximate surface area is 123 Å². The minimum Gasteiger partial charge on any atom is -0.494 e. The van der Waals surface area contributed by atoms with Gasteiger partial charge in [-0.25, -0.2) is 0 Å². The summed E-state index contributed by atoms with van der Waals surface area (Å²) in [6, 6.07) is 6.90. The van der Waals surface area contributed by atoms with E-state index < -0.39 is 0 Å². The zero-order valence-corrected chi connectivity index (χ0v) is 12.4. The Bertz CT molecular complexity index is 650. The van der Waals surface area contributed by atoms with Crippen LogP contribution in [-0.4, -0.2) is 27.4 Å². The highest BCUT2D eigenvalue weighted by Gasteiger charge is 2.13. The Kier molecular flexibility index (Phi) is 4.59. The molecule has 0 unspecified atom stereocenters. The third kappa shape index (κ3) is 3.41. The van der Waals surface area contributed by atoms with E-state index in [9.17, 15) is 9.90 Å². The normalized spacial score (nSPS) is 10.5. The number of benzene rings is 1. The first-order valence-corrected chi connectivity index (χ1v) is 6.73. The van der Waals surface area contributed by atoms with Gasteiger partial charge in [-0.2, -0.15) is 5.10 Å². The molecule has 6 nitrogen and oxygen atoms in total. The van der Waals surface area contributed by atoms with Gasteiger partial charge in [-0.15, -0.1) is 0 Å². The van der Waals surface area contributed by atoms with E-state index in [4.69, 9.17) is 4.74 Å². The van der Waals surface area contributed by atoms with Gasteiger partial charge in [0.15, 0.2) is 0 Å². The fourth-order valence-corrected chi connectivity index (χ4v) is 2.10. The molecule has 0 saturated carbocycles. The number of hydrogen-bond acceptors (Lipinski definition) is 4. The van der Waals surface area contributed by atoms with Crippen molar-refractivity contribution in [1.82, 2.24) is 9.78 Å². The summed E-state index contributed by atoms with van der Waals surface area (Å²) in [5, 5.41) is 16.3. The number of carbonyl (C=O) groups is 1. The lowest BCUT2D eigenvalue weighted by atomic mass is 10.2. The van der Waals surface area contributed by atoms with Gasteiger partial charge in [0.25, 0.3) is 5.91 Å². The Hall–Kier alpha value is -2.34. The first-order chi connectivity index (χ1) is 10.0. The summed E-state index contributed by atoms with van der Waals surface area (Å²) in [6.07, 6.45) is 0. The minimum atomic E-state index is -0.244. The molecule has 0 fully saturated rings. The van der Waals surface area contributed by atoms with Crippen molar-refractivity contribution in [3.63, 3.8) is 0 Å². The van der Waals surface area contributed by atoms with Gasteiger partial charge < -0.3 is 15.2 Å². The molecule has 0 aliphatic heterocycles. The van der Waals surface area contributed by atoms with Gasteiger partial charge in [-0.05, 0) is 38.1 Å². The number of aliphatic hydroxyl groups excluding tert-OH is 1. The third-order valence-corrected chi connectivity index (χ3v) is 3.02. The van der Waals surface area contributed by atoms with Crippen LogP contribution in [0.1, 0.15) is 28.7 Å². The van der Waals surface area contributed by atoms with Crippen LogP contribution < -0.4 is 10.1 Å². The predicted octanol–water partition coefficient (Wildman–Crippen LogP) is 1.87. The van der Waals surface area contributed by atoms with Gasteiger partial charge in [0.1, 0.15) is 11.4 Å². The van der Waals surface area contributed by atoms with Gasteiger partial charge in [-0.3, -0.25) is 9.48 Å². The molecule has 1 heterocycles. The number of aromatic nitrogens is 2. The van der Waals surface area contributed by atoms with Crippen LogP contribution in [0.25, 0.3) is 0 Å². The molecule has 2 N–H and O–H groups in total. The van der Waals surface area contributed by atoms with Gasteiger partial charge in [0.2, 0.25) is 0 Å². The van der Waals surface area contributed by atoms with E-state index in [1.54, 1.807) is 31.3 Å². The van der Waals surface area contributed by atoms with Gasteiger partial charge in [0.05, 0.1) is 18.9 Å². The van der Waals surface area contributed by atoms with Crippen molar-refractivity contribution in [1.29, 1.82) is 0 Å². The summed E-state index contributed by atoms with van der Waals surface area (Å²) < 4.78 is 6.94. The van der Waals surface area contributed by atoms with Crippen molar-refractivity contribution in [2.75, 3.05) is 11.9 Å². The van der Waals surface area contributed by atoms with Crippen LogP contribution in [0, 0.1) is 6.92 Å². The number of aryl methyl sites for hydroxylation is 2. The molecule has 2 rings (SSSR count). The molecule has 2 aromatic rings. The van der Waals surface area contributed by atoms with Crippen LogP contribution in [-0.2, 0) is 13.7 Å². The molecule has 0 atom stereocenters. The second-order valence-corrected chi connectivity index (χ2v) is 4.66. The molecule has 1 aromatic carbocycles. The average molecular weight is 289 g/mol. The second kappa shape index (κ2) is 6.41. The van der Waals surface area contributed by atoms with Crippen molar-refractivity contribution in [2.45, 2.75) is 20.5 Å². The SMILES string of the molecule is CCOc1ccc(NC(=O)c2cc(C)nn2C)cc1CO. The molecular weight excluding hydrogens is 270 g/mol. The summed E-state index contributed by atoms with van der Waals surface area (Å²) in [6.45, 7) is 4.08. The van der Waals surface area contributed by atoms with E-state index in [2.05, 4.69) is 10.4 Å². The van der Waals surface area contributed by atoms with Crippen molar-refractivity contribution < 1.29 is 14.6 Å². The van der Waals surface area contributed by atoms with E-state index in [-0.39, 0.29) is 12.5 Å². The maximum Gasteiger partial charge on any atom is 0.273 e. The molecule has 0 spiro atoms. The molecule has 0 radical (unpaired) electrons. The summed E-state index contributed by atoms with van der Waals surface area (Å²) in [5.41, 5.74) is 2.50. The van der Waals surface area contributed by atoms with Crippen LogP contribution in [0.4, 0.5) is 5.69 Å². The number of nitrogens with zero attached hydrogens (tertiary/aromatic N) is 2. The van der Waals surface area contributed by atoms with Crippen LogP contribution in [0.3, 0.4) is 0 Å². The molecule has 0 bridgehead atoms. The molecule has 0 saturated heterocycles.